The average molecular weight is 387 g/mol. The van der Waals surface area contributed by atoms with Gasteiger partial charge in [-0.2, -0.15) is 0 Å². The number of hydrogen-bond donors (Lipinski definition) is 1. The average Bonchev–Trinajstić information content (AvgIpc) is 3.06. The monoisotopic (exact) mass is 386 g/mol. The zero-order valence-corrected chi connectivity index (χ0v) is 16.1. The molecule has 1 aromatic heterocycles. The second kappa shape index (κ2) is 8.38. The summed E-state index contributed by atoms with van der Waals surface area (Å²) in [4.78, 5) is 12.3. The van der Waals surface area contributed by atoms with Crippen LogP contribution < -0.4 is 5.32 Å². The van der Waals surface area contributed by atoms with Crippen LogP contribution >= 0.6 is 23.4 Å². The van der Waals surface area contributed by atoms with Gasteiger partial charge in [-0.3, -0.25) is 4.79 Å². The number of carbonyl (C=O) groups is 1. The molecule has 134 valence electrons. The Kier molecular flexibility index (Phi) is 5.96. The number of carbonyl (C=O) groups excluding carboxylic acids is 1. The van der Waals surface area contributed by atoms with Gasteiger partial charge in [-0.25, -0.2) is 0 Å². The van der Waals surface area contributed by atoms with E-state index in [1.54, 1.807) is 12.1 Å². The lowest BCUT2D eigenvalue weighted by Gasteiger charge is -2.09. The Morgan fingerprint density at radius 3 is 2.69 bits per heavy atom. The summed E-state index contributed by atoms with van der Waals surface area (Å²) in [6, 6.07) is 15.3. The quantitative estimate of drug-likeness (QED) is 0.626. The molecule has 0 unspecified atom stereocenters. The van der Waals surface area contributed by atoms with Crippen LogP contribution in [-0.4, -0.2) is 26.4 Å². The number of aryl methyl sites for hydroxylation is 1. The largest absolute Gasteiger partial charge is 0.325 e. The molecule has 7 heteroatoms. The normalized spacial score (nSPS) is 10.7. The molecule has 0 aliphatic heterocycles. The van der Waals surface area contributed by atoms with Gasteiger partial charge in [0.1, 0.15) is 0 Å². The maximum atomic E-state index is 12.3. The van der Waals surface area contributed by atoms with E-state index in [1.807, 2.05) is 54.8 Å². The lowest BCUT2D eigenvalue weighted by molar-refractivity contribution is -0.113. The van der Waals surface area contributed by atoms with Crippen LogP contribution in [0.2, 0.25) is 5.02 Å². The molecule has 0 bridgehead atoms. The van der Waals surface area contributed by atoms with E-state index >= 15 is 0 Å². The molecule has 1 amide bonds. The van der Waals surface area contributed by atoms with Crippen LogP contribution in [0.5, 0.6) is 0 Å². The van der Waals surface area contributed by atoms with Gasteiger partial charge in [-0.1, -0.05) is 59.8 Å². The molecule has 0 spiro atoms. The van der Waals surface area contributed by atoms with Gasteiger partial charge in [0.25, 0.3) is 0 Å². The first-order chi connectivity index (χ1) is 12.6. The second-order valence-corrected chi connectivity index (χ2v) is 7.09. The highest BCUT2D eigenvalue weighted by Gasteiger charge is 2.14. The van der Waals surface area contributed by atoms with Crippen molar-refractivity contribution in [3.05, 3.63) is 59.1 Å². The number of nitrogens with zero attached hydrogens (tertiary/aromatic N) is 3. The number of thioether (sulfide) groups is 1. The summed E-state index contributed by atoms with van der Waals surface area (Å²) in [5, 5.41) is 12.8. The van der Waals surface area contributed by atoms with Crippen molar-refractivity contribution in [1.29, 1.82) is 0 Å². The van der Waals surface area contributed by atoms with E-state index in [1.165, 1.54) is 11.8 Å². The van der Waals surface area contributed by atoms with Crippen molar-refractivity contribution in [2.24, 2.45) is 0 Å². The summed E-state index contributed by atoms with van der Waals surface area (Å²) in [6.07, 6.45) is 0. The topological polar surface area (TPSA) is 59.8 Å². The summed E-state index contributed by atoms with van der Waals surface area (Å²) >= 11 is 7.36. The van der Waals surface area contributed by atoms with E-state index < -0.39 is 0 Å². The number of nitrogens with one attached hydrogen (secondary N) is 1. The molecule has 0 aliphatic rings. The summed E-state index contributed by atoms with van der Waals surface area (Å²) in [7, 11) is 0. The standard InChI is InChI=1S/C19H19ClN4OS/c1-3-24-18(14-7-5-4-6-8-14)22-23-19(24)26-12-17(25)21-16-11-15(20)10-9-13(16)2/h4-11H,3,12H2,1-2H3,(H,21,25). The van der Waals surface area contributed by atoms with E-state index in [-0.39, 0.29) is 11.7 Å². The van der Waals surface area contributed by atoms with E-state index in [4.69, 9.17) is 11.6 Å². The number of benzene rings is 2. The molecule has 1 N–H and O–H groups in total. The van der Waals surface area contributed by atoms with Crippen molar-refractivity contribution in [2.75, 3.05) is 11.1 Å². The van der Waals surface area contributed by atoms with Crippen LogP contribution in [0.15, 0.2) is 53.7 Å². The van der Waals surface area contributed by atoms with Gasteiger partial charge >= 0.3 is 0 Å². The predicted octanol–water partition coefficient (Wildman–Crippen LogP) is 4.66. The van der Waals surface area contributed by atoms with Crippen molar-refractivity contribution >= 4 is 35.0 Å². The maximum absolute atomic E-state index is 12.3. The second-order valence-electron chi connectivity index (χ2n) is 5.71. The highest BCUT2D eigenvalue weighted by molar-refractivity contribution is 7.99. The first-order valence-electron chi connectivity index (χ1n) is 8.26. The highest BCUT2D eigenvalue weighted by atomic mass is 35.5. The summed E-state index contributed by atoms with van der Waals surface area (Å²) in [5.41, 5.74) is 2.70. The lowest BCUT2D eigenvalue weighted by atomic mass is 10.2. The van der Waals surface area contributed by atoms with Gasteiger partial charge in [0, 0.05) is 22.8 Å². The molecule has 0 atom stereocenters. The van der Waals surface area contributed by atoms with Gasteiger partial charge in [0.15, 0.2) is 11.0 Å². The van der Waals surface area contributed by atoms with Gasteiger partial charge < -0.3 is 9.88 Å². The van der Waals surface area contributed by atoms with Crippen LogP contribution in [0, 0.1) is 6.92 Å². The van der Waals surface area contributed by atoms with Crippen LogP contribution in [0.25, 0.3) is 11.4 Å². The van der Waals surface area contributed by atoms with Crippen molar-refractivity contribution in [1.82, 2.24) is 14.8 Å². The van der Waals surface area contributed by atoms with Gasteiger partial charge in [-0.15, -0.1) is 10.2 Å². The van der Waals surface area contributed by atoms with Gasteiger partial charge in [0.2, 0.25) is 5.91 Å². The van der Waals surface area contributed by atoms with Gasteiger partial charge in [0.05, 0.1) is 5.75 Å². The number of amides is 1. The highest BCUT2D eigenvalue weighted by Crippen LogP contribution is 2.25. The lowest BCUT2D eigenvalue weighted by Crippen LogP contribution is -2.15. The van der Waals surface area contributed by atoms with E-state index in [0.29, 0.717) is 5.02 Å². The minimum Gasteiger partial charge on any atom is -0.325 e. The molecule has 0 fully saturated rings. The minimum absolute atomic E-state index is 0.104. The molecule has 3 rings (SSSR count). The fourth-order valence-corrected chi connectivity index (χ4v) is 3.50. The molecule has 3 aromatic rings. The summed E-state index contributed by atoms with van der Waals surface area (Å²) in [5.74, 6) is 0.952. The van der Waals surface area contributed by atoms with Crippen LogP contribution in [0.4, 0.5) is 5.69 Å². The third-order valence-electron chi connectivity index (χ3n) is 3.87. The number of aromatic nitrogens is 3. The first kappa shape index (κ1) is 18.5. The molecule has 0 saturated carbocycles. The van der Waals surface area contributed by atoms with E-state index in [2.05, 4.69) is 15.5 Å². The van der Waals surface area contributed by atoms with Gasteiger partial charge in [-0.05, 0) is 31.5 Å². The predicted molar refractivity (Wildman–Crippen MR) is 107 cm³/mol. The number of rotatable bonds is 6. The number of hydrogen-bond acceptors (Lipinski definition) is 4. The van der Waals surface area contributed by atoms with Crippen molar-refractivity contribution in [2.45, 2.75) is 25.5 Å². The summed E-state index contributed by atoms with van der Waals surface area (Å²) < 4.78 is 2.01. The fourth-order valence-electron chi connectivity index (χ4n) is 2.53. The van der Waals surface area contributed by atoms with Crippen molar-refractivity contribution in [3.8, 4) is 11.4 Å². The van der Waals surface area contributed by atoms with Crippen molar-refractivity contribution in [3.63, 3.8) is 0 Å². The first-order valence-corrected chi connectivity index (χ1v) is 9.62. The third-order valence-corrected chi connectivity index (χ3v) is 5.07. The Balaban J connectivity index is 1.69. The van der Waals surface area contributed by atoms with Crippen molar-refractivity contribution < 1.29 is 4.79 Å². The molecule has 26 heavy (non-hydrogen) atoms. The smallest absolute Gasteiger partial charge is 0.234 e. The Morgan fingerprint density at radius 2 is 1.96 bits per heavy atom. The molecular weight excluding hydrogens is 368 g/mol. The zero-order chi connectivity index (χ0) is 18.5. The maximum Gasteiger partial charge on any atom is 0.234 e. The Morgan fingerprint density at radius 1 is 1.19 bits per heavy atom. The number of halogens is 1. The SMILES string of the molecule is CCn1c(SCC(=O)Nc2cc(Cl)ccc2C)nnc1-c1ccccc1. The number of anilines is 1. The molecule has 2 aromatic carbocycles. The van der Waals surface area contributed by atoms with E-state index in [9.17, 15) is 4.79 Å². The van der Waals surface area contributed by atoms with Crippen LogP contribution in [0.3, 0.4) is 0 Å². The Hall–Kier alpha value is -2.31. The zero-order valence-electron chi connectivity index (χ0n) is 14.6. The third kappa shape index (κ3) is 4.26. The summed E-state index contributed by atoms with van der Waals surface area (Å²) in [6.45, 7) is 4.70. The molecule has 5 nitrogen and oxygen atoms in total. The molecule has 1 heterocycles. The molecule has 0 aliphatic carbocycles. The minimum atomic E-state index is -0.104. The van der Waals surface area contributed by atoms with Crippen LogP contribution in [0.1, 0.15) is 12.5 Å². The molecule has 0 saturated heterocycles. The Labute approximate surface area is 161 Å². The van der Waals surface area contributed by atoms with Crippen LogP contribution in [-0.2, 0) is 11.3 Å². The Bertz CT molecular complexity index is 911. The fraction of sp³-hybridized carbons (Fsp3) is 0.211. The van der Waals surface area contributed by atoms with E-state index in [0.717, 1.165) is 34.3 Å². The molecular formula is C19H19ClN4OS. The molecule has 0 radical (unpaired) electrons.